The highest BCUT2D eigenvalue weighted by atomic mass is 16.3. The number of rotatable bonds is 5. The summed E-state index contributed by atoms with van der Waals surface area (Å²) >= 11 is 0. The summed E-state index contributed by atoms with van der Waals surface area (Å²) in [6, 6.07) is -0.450. The number of hydrogen-bond donors (Lipinski definition) is 3. The zero-order valence-corrected chi connectivity index (χ0v) is 9.17. The fourth-order valence-corrected chi connectivity index (χ4v) is 1.69. The minimum atomic E-state index is -0.450. The Morgan fingerprint density at radius 1 is 1.60 bits per heavy atom. The van der Waals surface area contributed by atoms with Crippen LogP contribution in [-0.4, -0.2) is 35.1 Å². The lowest BCUT2D eigenvalue weighted by molar-refractivity contribution is -0.125. The average molecular weight is 214 g/mol. The molecular formula is C10H18N2O3. The lowest BCUT2D eigenvalue weighted by Crippen LogP contribution is -2.51. The third kappa shape index (κ3) is 3.00. The molecule has 0 spiro atoms. The van der Waals surface area contributed by atoms with E-state index in [1.165, 1.54) is 0 Å². The molecule has 0 radical (unpaired) electrons. The van der Waals surface area contributed by atoms with Crippen LogP contribution in [0.25, 0.3) is 0 Å². The predicted octanol–water partition coefficient (Wildman–Crippen LogP) is -0.458. The number of hydrogen-bond acceptors (Lipinski definition) is 4. The minimum absolute atomic E-state index is 0.0691. The Hall–Kier alpha value is -0.940. The second-order valence-corrected chi connectivity index (χ2v) is 4.20. The third-order valence-corrected chi connectivity index (χ3v) is 2.94. The molecule has 0 aromatic heterocycles. The molecule has 1 heterocycles. The van der Waals surface area contributed by atoms with E-state index in [0.29, 0.717) is 6.42 Å². The van der Waals surface area contributed by atoms with Crippen molar-refractivity contribution in [2.75, 3.05) is 6.61 Å². The van der Waals surface area contributed by atoms with Crippen molar-refractivity contribution in [3.8, 4) is 0 Å². The van der Waals surface area contributed by atoms with Crippen LogP contribution in [0.1, 0.15) is 33.1 Å². The standard InChI is InChI=1S/C10H18N2O3/c1-3-10(2,4-5-13)12-7-6-8(14)11-9(7)15/h7,12-13H,3-6H2,1-2H3,(H,11,14,15). The van der Waals surface area contributed by atoms with Crippen molar-refractivity contribution < 1.29 is 14.7 Å². The molecule has 5 nitrogen and oxygen atoms in total. The van der Waals surface area contributed by atoms with Crippen LogP contribution in [0.4, 0.5) is 0 Å². The van der Waals surface area contributed by atoms with E-state index in [0.717, 1.165) is 6.42 Å². The maximum Gasteiger partial charge on any atom is 0.244 e. The average Bonchev–Trinajstić information content (AvgIpc) is 2.45. The van der Waals surface area contributed by atoms with Gasteiger partial charge >= 0.3 is 0 Å². The van der Waals surface area contributed by atoms with Crippen molar-refractivity contribution in [2.24, 2.45) is 0 Å². The van der Waals surface area contributed by atoms with Crippen LogP contribution in [0.15, 0.2) is 0 Å². The van der Waals surface area contributed by atoms with Crippen molar-refractivity contribution in [1.82, 2.24) is 10.6 Å². The summed E-state index contributed by atoms with van der Waals surface area (Å²) in [6.07, 6.45) is 1.56. The van der Waals surface area contributed by atoms with Crippen LogP contribution in [0.5, 0.6) is 0 Å². The minimum Gasteiger partial charge on any atom is -0.396 e. The molecule has 86 valence electrons. The Balaban J connectivity index is 2.59. The van der Waals surface area contributed by atoms with Crippen LogP contribution in [0.3, 0.4) is 0 Å². The number of imide groups is 1. The van der Waals surface area contributed by atoms with E-state index in [4.69, 9.17) is 5.11 Å². The predicted molar refractivity (Wildman–Crippen MR) is 55.1 cm³/mol. The van der Waals surface area contributed by atoms with Gasteiger partial charge in [-0.2, -0.15) is 0 Å². The normalized spacial score (nSPS) is 25.1. The second kappa shape index (κ2) is 4.72. The van der Waals surface area contributed by atoms with E-state index in [-0.39, 0.29) is 30.4 Å². The van der Waals surface area contributed by atoms with E-state index in [1.54, 1.807) is 0 Å². The van der Waals surface area contributed by atoms with Crippen molar-refractivity contribution in [3.05, 3.63) is 0 Å². The summed E-state index contributed by atoms with van der Waals surface area (Å²) in [4.78, 5) is 22.3. The molecular weight excluding hydrogens is 196 g/mol. The molecule has 1 fully saturated rings. The van der Waals surface area contributed by atoms with Crippen molar-refractivity contribution in [2.45, 2.75) is 44.7 Å². The van der Waals surface area contributed by atoms with Crippen LogP contribution in [0, 0.1) is 0 Å². The van der Waals surface area contributed by atoms with Gasteiger partial charge in [0.25, 0.3) is 0 Å². The third-order valence-electron chi connectivity index (χ3n) is 2.94. The lowest BCUT2D eigenvalue weighted by Gasteiger charge is -2.31. The van der Waals surface area contributed by atoms with Gasteiger partial charge in [0, 0.05) is 12.1 Å². The Kier molecular flexibility index (Phi) is 3.82. The Morgan fingerprint density at radius 3 is 2.67 bits per heavy atom. The van der Waals surface area contributed by atoms with E-state index < -0.39 is 6.04 Å². The van der Waals surface area contributed by atoms with Crippen LogP contribution >= 0.6 is 0 Å². The summed E-state index contributed by atoms with van der Waals surface area (Å²) in [5.41, 5.74) is -0.290. The first-order chi connectivity index (χ1) is 7.00. The summed E-state index contributed by atoms with van der Waals surface area (Å²) in [6.45, 7) is 4.00. The Labute approximate surface area is 89.2 Å². The van der Waals surface area contributed by atoms with Gasteiger partial charge in [-0.3, -0.25) is 14.9 Å². The maximum atomic E-state index is 11.3. The second-order valence-electron chi connectivity index (χ2n) is 4.20. The Bertz CT molecular complexity index is 267. The van der Waals surface area contributed by atoms with Gasteiger partial charge in [-0.05, 0) is 19.8 Å². The highest BCUT2D eigenvalue weighted by molar-refractivity contribution is 6.05. The van der Waals surface area contributed by atoms with E-state index >= 15 is 0 Å². The van der Waals surface area contributed by atoms with Gasteiger partial charge < -0.3 is 10.4 Å². The molecule has 0 saturated carbocycles. The first-order valence-corrected chi connectivity index (χ1v) is 5.23. The first-order valence-electron chi connectivity index (χ1n) is 5.23. The van der Waals surface area contributed by atoms with Crippen molar-refractivity contribution in [3.63, 3.8) is 0 Å². The van der Waals surface area contributed by atoms with Gasteiger partial charge in [-0.25, -0.2) is 0 Å². The molecule has 1 aliphatic rings. The summed E-state index contributed by atoms with van der Waals surface area (Å²) < 4.78 is 0. The molecule has 15 heavy (non-hydrogen) atoms. The number of nitrogens with one attached hydrogen (secondary N) is 2. The number of carbonyl (C=O) groups excluding carboxylic acids is 2. The molecule has 0 bridgehead atoms. The first kappa shape index (κ1) is 12.1. The topological polar surface area (TPSA) is 78.4 Å². The van der Waals surface area contributed by atoms with Crippen LogP contribution in [0.2, 0.25) is 0 Å². The molecule has 2 unspecified atom stereocenters. The molecule has 3 N–H and O–H groups in total. The molecule has 0 aromatic rings. The van der Waals surface area contributed by atoms with Crippen LogP contribution < -0.4 is 10.6 Å². The van der Waals surface area contributed by atoms with Gasteiger partial charge in [0.1, 0.15) is 0 Å². The maximum absolute atomic E-state index is 11.3. The molecule has 0 aromatic carbocycles. The van der Waals surface area contributed by atoms with Gasteiger partial charge in [-0.15, -0.1) is 0 Å². The van der Waals surface area contributed by atoms with Gasteiger partial charge in [0.2, 0.25) is 11.8 Å². The Morgan fingerprint density at radius 2 is 2.27 bits per heavy atom. The van der Waals surface area contributed by atoms with E-state index in [9.17, 15) is 9.59 Å². The highest BCUT2D eigenvalue weighted by Gasteiger charge is 2.35. The summed E-state index contributed by atoms with van der Waals surface area (Å²) in [5, 5.41) is 14.3. The monoisotopic (exact) mass is 214 g/mol. The molecule has 1 rings (SSSR count). The molecule has 1 aliphatic heterocycles. The van der Waals surface area contributed by atoms with Gasteiger partial charge in [0.15, 0.2) is 0 Å². The van der Waals surface area contributed by atoms with E-state index in [2.05, 4.69) is 10.6 Å². The van der Waals surface area contributed by atoms with E-state index in [1.807, 2.05) is 13.8 Å². The number of aliphatic hydroxyl groups excluding tert-OH is 1. The molecule has 2 atom stereocenters. The highest BCUT2D eigenvalue weighted by Crippen LogP contribution is 2.17. The zero-order valence-electron chi connectivity index (χ0n) is 9.17. The largest absolute Gasteiger partial charge is 0.396 e. The fourth-order valence-electron chi connectivity index (χ4n) is 1.69. The number of carbonyl (C=O) groups is 2. The van der Waals surface area contributed by atoms with Gasteiger partial charge in [-0.1, -0.05) is 6.92 Å². The lowest BCUT2D eigenvalue weighted by atomic mass is 9.93. The number of amides is 2. The summed E-state index contributed by atoms with van der Waals surface area (Å²) in [5.74, 6) is -0.502. The van der Waals surface area contributed by atoms with Crippen molar-refractivity contribution >= 4 is 11.8 Å². The molecule has 1 saturated heterocycles. The van der Waals surface area contributed by atoms with Crippen LogP contribution in [-0.2, 0) is 9.59 Å². The quantitative estimate of drug-likeness (QED) is 0.541. The molecule has 5 heteroatoms. The SMILES string of the molecule is CCC(C)(CCO)NC1CC(=O)NC1=O. The molecule has 2 amide bonds. The smallest absolute Gasteiger partial charge is 0.244 e. The fraction of sp³-hybridized carbons (Fsp3) is 0.800. The van der Waals surface area contributed by atoms with Gasteiger partial charge in [0.05, 0.1) is 12.5 Å². The van der Waals surface area contributed by atoms with Crippen molar-refractivity contribution in [1.29, 1.82) is 0 Å². The summed E-state index contributed by atoms with van der Waals surface area (Å²) in [7, 11) is 0. The number of aliphatic hydroxyl groups is 1. The molecule has 0 aliphatic carbocycles. The zero-order chi connectivity index (χ0) is 11.5.